The zero-order valence-corrected chi connectivity index (χ0v) is 14.7. The number of nitrogens with one attached hydrogen (secondary N) is 1. The molecule has 1 saturated heterocycles. The van der Waals surface area contributed by atoms with E-state index in [0.29, 0.717) is 11.1 Å². The maximum atomic E-state index is 3.75. The van der Waals surface area contributed by atoms with Gasteiger partial charge in [-0.25, -0.2) is 0 Å². The molecule has 1 atom stereocenters. The Morgan fingerprint density at radius 2 is 1.50 bits per heavy atom. The van der Waals surface area contributed by atoms with Crippen LogP contribution < -0.4 is 5.32 Å². The van der Waals surface area contributed by atoms with E-state index in [1.54, 1.807) is 0 Å². The summed E-state index contributed by atoms with van der Waals surface area (Å²) in [6.07, 6.45) is 11.1. The van der Waals surface area contributed by atoms with Gasteiger partial charge in [-0.15, -0.1) is 0 Å². The first-order valence-corrected chi connectivity index (χ1v) is 8.93. The van der Waals surface area contributed by atoms with Gasteiger partial charge >= 0.3 is 0 Å². The Morgan fingerprint density at radius 3 is 2.10 bits per heavy atom. The Kier molecular flexibility index (Phi) is 7.53. The summed E-state index contributed by atoms with van der Waals surface area (Å²) < 4.78 is 0. The number of hydrogen-bond acceptors (Lipinski definition) is 2. The zero-order valence-electron chi connectivity index (χ0n) is 14.7. The molecular formula is C18H38N2. The van der Waals surface area contributed by atoms with Crippen molar-refractivity contribution in [3.8, 4) is 0 Å². The van der Waals surface area contributed by atoms with E-state index in [0.717, 1.165) is 6.54 Å². The van der Waals surface area contributed by atoms with Crippen LogP contribution in [0.15, 0.2) is 0 Å². The van der Waals surface area contributed by atoms with Crippen molar-refractivity contribution in [1.29, 1.82) is 0 Å². The monoisotopic (exact) mass is 282 g/mol. The lowest BCUT2D eigenvalue weighted by molar-refractivity contribution is 0.0300. The van der Waals surface area contributed by atoms with E-state index in [1.807, 2.05) is 0 Å². The topological polar surface area (TPSA) is 15.3 Å². The fraction of sp³-hybridized carbons (Fsp3) is 1.00. The van der Waals surface area contributed by atoms with Crippen LogP contribution in [0.3, 0.4) is 0 Å². The summed E-state index contributed by atoms with van der Waals surface area (Å²) >= 11 is 0. The van der Waals surface area contributed by atoms with Crippen molar-refractivity contribution in [3.63, 3.8) is 0 Å². The highest BCUT2D eigenvalue weighted by molar-refractivity contribution is 4.98. The molecule has 1 aliphatic rings. The van der Waals surface area contributed by atoms with Gasteiger partial charge in [0.2, 0.25) is 0 Å². The lowest BCUT2D eigenvalue weighted by atomic mass is 9.88. The second-order valence-corrected chi connectivity index (χ2v) is 7.62. The van der Waals surface area contributed by atoms with Gasteiger partial charge in [0.25, 0.3) is 0 Å². The van der Waals surface area contributed by atoms with Crippen molar-refractivity contribution in [2.75, 3.05) is 19.6 Å². The number of piperazine rings is 1. The summed E-state index contributed by atoms with van der Waals surface area (Å²) in [7, 11) is 0. The minimum atomic E-state index is 0.316. The molecule has 0 radical (unpaired) electrons. The van der Waals surface area contributed by atoms with Crippen molar-refractivity contribution in [3.05, 3.63) is 0 Å². The SMILES string of the molecule is CCCCCCCCCN1CC(C)(CC)NCC1(C)C. The summed E-state index contributed by atoms with van der Waals surface area (Å²) in [4.78, 5) is 2.72. The van der Waals surface area contributed by atoms with Crippen molar-refractivity contribution in [1.82, 2.24) is 10.2 Å². The maximum Gasteiger partial charge on any atom is 0.0278 e. The minimum Gasteiger partial charge on any atom is -0.308 e. The Bertz CT molecular complexity index is 262. The van der Waals surface area contributed by atoms with Gasteiger partial charge in [-0.1, -0.05) is 52.4 Å². The molecule has 20 heavy (non-hydrogen) atoms. The second-order valence-electron chi connectivity index (χ2n) is 7.62. The van der Waals surface area contributed by atoms with Crippen LogP contribution in [0.25, 0.3) is 0 Å². The molecule has 1 heterocycles. The molecule has 0 spiro atoms. The van der Waals surface area contributed by atoms with Crippen molar-refractivity contribution in [2.24, 2.45) is 0 Å². The van der Waals surface area contributed by atoms with E-state index in [4.69, 9.17) is 0 Å². The van der Waals surface area contributed by atoms with Gasteiger partial charge < -0.3 is 5.32 Å². The average molecular weight is 283 g/mol. The third kappa shape index (κ3) is 5.73. The molecule has 1 rings (SSSR count). The quantitative estimate of drug-likeness (QED) is 0.622. The fourth-order valence-corrected chi connectivity index (χ4v) is 3.11. The van der Waals surface area contributed by atoms with Gasteiger partial charge in [-0.2, -0.15) is 0 Å². The minimum absolute atomic E-state index is 0.316. The van der Waals surface area contributed by atoms with Crippen LogP contribution in [0.4, 0.5) is 0 Å². The van der Waals surface area contributed by atoms with E-state index < -0.39 is 0 Å². The van der Waals surface area contributed by atoms with Gasteiger partial charge in [0.15, 0.2) is 0 Å². The van der Waals surface area contributed by atoms with Gasteiger partial charge in [0.1, 0.15) is 0 Å². The molecule has 0 amide bonds. The predicted molar refractivity (Wildman–Crippen MR) is 90.3 cm³/mol. The summed E-state index contributed by atoms with van der Waals surface area (Å²) in [5, 5.41) is 3.75. The number of hydrogen-bond donors (Lipinski definition) is 1. The summed E-state index contributed by atoms with van der Waals surface area (Å²) in [5.74, 6) is 0. The first-order chi connectivity index (χ1) is 9.43. The molecule has 1 fully saturated rings. The highest BCUT2D eigenvalue weighted by Crippen LogP contribution is 2.26. The standard InChI is InChI=1S/C18H38N2/c1-6-8-9-10-11-12-13-14-20-16-18(5,7-2)19-15-17(20,3)4/h19H,6-16H2,1-5H3. The highest BCUT2D eigenvalue weighted by atomic mass is 15.3. The van der Waals surface area contributed by atoms with Crippen LogP contribution in [-0.2, 0) is 0 Å². The largest absolute Gasteiger partial charge is 0.308 e. The Hall–Kier alpha value is -0.0800. The van der Waals surface area contributed by atoms with Crippen LogP contribution in [-0.4, -0.2) is 35.6 Å². The molecule has 0 aromatic rings. The van der Waals surface area contributed by atoms with Crippen LogP contribution in [0.5, 0.6) is 0 Å². The maximum absolute atomic E-state index is 3.75. The second kappa shape index (κ2) is 8.38. The molecule has 0 saturated carbocycles. The first-order valence-electron chi connectivity index (χ1n) is 8.93. The highest BCUT2D eigenvalue weighted by Gasteiger charge is 2.38. The lowest BCUT2D eigenvalue weighted by Gasteiger charge is -2.51. The molecule has 2 heteroatoms. The molecule has 1 N–H and O–H groups in total. The molecule has 1 aliphatic heterocycles. The van der Waals surface area contributed by atoms with Crippen LogP contribution in [0.1, 0.15) is 86.0 Å². The fourth-order valence-electron chi connectivity index (χ4n) is 3.11. The molecule has 1 unspecified atom stereocenters. The predicted octanol–water partition coefficient (Wildman–Crippen LogP) is 4.59. The summed E-state index contributed by atoms with van der Waals surface area (Å²) in [5.41, 5.74) is 0.632. The third-order valence-corrected chi connectivity index (χ3v) is 5.16. The van der Waals surface area contributed by atoms with Crippen molar-refractivity contribution in [2.45, 2.75) is 97.1 Å². The van der Waals surface area contributed by atoms with E-state index in [2.05, 4.69) is 44.8 Å². The van der Waals surface area contributed by atoms with Gasteiger partial charge in [0.05, 0.1) is 0 Å². The van der Waals surface area contributed by atoms with Crippen LogP contribution in [0, 0.1) is 0 Å². The molecule has 0 aromatic carbocycles. The van der Waals surface area contributed by atoms with Crippen molar-refractivity contribution >= 4 is 0 Å². The number of nitrogens with zero attached hydrogens (tertiary/aromatic N) is 1. The smallest absolute Gasteiger partial charge is 0.0278 e. The molecule has 0 aliphatic carbocycles. The van der Waals surface area contributed by atoms with Crippen molar-refractivity contribution < 1.29 is 0 Å². The van der Waals surface area contributed by atoms with Crippen LogP contribution >= 0.6 is 0 Å². The van der Waals surface area contributed by atoms with Gasteiger partial charge in [-0.3, -0.25) is 4.90 Å². The molecule has 0 bridgehead atoms. The normalized spacial score (nSPS) is 26.9. The Morgan fingerprint density at radius 1 is 0.900 bits per heavy atom. The summed E-state index contributed by atoms with van der Waals surface area (Å²) in [6, 6.07) is 0. The molecule has 120 valence electrons. The average Bonchev–Trinajstić information content (AvgIpc) is 2.42. The summed E-state index contributed by atoms with van der Waals surface area (Å²) in [6.45, 7) is 15.3. The number of unbranched alkanes of at least 4 members (excludes halogenated alkanes) is 6. The Balaban J connectivity index is 2.25. The first kappa shape index (κ1) is 18.0. The molecule has 2 nitrogen and oxygen atoms in total. The van der Waals surface area contributed by atoms with E-state index in [-0.39, 0.29) is 0 Å². The van der Waals surface area contributed by atoms with Gasteiger partial charge in [-0.05, 0) is 40.2 Å². The molecular weight excluding hydrogens is 244 g/mol. The van der Waals surface area contributed by atoms with E-state index >= 15 is 0 Å². The zero-order chi connectivity index (χ0) is 15.1. The molecule has 0 aromatic heterocycles. The van der Waals surface area contributed by atoms with Gasteiger partial charge in [0, 0.05) is 24.2 Å². The number of rotatable bonds is 9. The third-order valence-electron chi connectivity index (χ3n) is 5.16. The lowest BCUT2D eigenvalue weighted by Crippen LogP contribution is -2.66. The Labute approximate surface area is 127 Å². The van der Waals surface area contributed by atoms with E-state index in [9.17, 15) is 0 Å². The van der Waals surface area contributed by atoms with Crippen LogP contribution in [0.2, 0.25) is 0 Å². The van der Waals surface area contributed by atoms with E-state index in [1.165, 1.54) is 64.5 Å².